The van der Waals surface area contributed by atoms with E-state index < -0.39 is 5.82 Å². The van der Waals surface area contributed by atoms with Crippen LogP contribution in [0.2, 0.25) is 10.3 Å². The molecule has 0 N–H and O–H groups in total. The van der Waals surface area contributed by atoms with Gasteiger partial charge in [0.05, 0.1) is 0 Å². The molecule has 6 heteroatoms. The SMILES string of the molecule is Fc1c(Cl)nc(-c2ccsc2)nc1Cl. The quantitative estimate of drug-likeness (QED) is 0.721. The molecule has 2 aromatic rings. The fraction of sp³-hybridized carbons (Fsp3) is 0. The summed E-state index contributed by atoms with van der Waals surface area (Å²) in [4.78, 5) is 7.56. The van der Waals surface area contributed by atoms with E-state index in [9.17, 15) is 4.39 Å². The lowest BCUT2D eigenvalue weighted by Crippen LogP contribution is -1.93. The predicted octanol–water partition coefficient (Wildman–Crippen LogP) is 3.65. The van der Waals surface area contributed by atoms with Crippen molar-refractivity contribution in [1.29, 1.82) is 0 Å². The van der Waals surface area contributed by atoms with Crippen molar-refractivity contribution in [1.82, 2.24) is 9.97 Å². The summed E-state index contributed by atoms with van der Waals surface area (Å²) < 4.78 is 13.0. The van der Waals surface area contributed by atoms with Crippen LogP contribution >= 0.6 is 34.5 Å². The fourth-order valence-electron chi connectivity index (χ4n) is 0.915. The second-order valence-corrected chi connectivity index (χ2v) is 3.95. The highest BCUT2D eigenvalue weighted by Crippen LogP contribution is 2.25. The topological polar surface area (TPSA) is 25.8 Å². The van der Waals surface area contributed by atoms with E-state index in [1.165, 1.54) is 11.3 Å². The van der Waals surface area contributed by atoms with E-state index in [0.29, 0.717) is 5.82 Å². The van der Waals surface area contributed by atoms with Crippen molar-refractivity contribution in [2.45, 2.75) is 0 Å². The number of halogens is 3. The van der Waals surface area contributed by atoms with Crippen molar-refractivity contribution < 1.29 is 4.39 Å². The molecule has 0 spiro atoms. The lowest BCUT2D eigenvalue weighted by molar-refractivity contribution is 0.615. The highest BCUT2D eigenvalue weighted by Gasteiger charge is 2.12. The van der Waals surface area contributed by atoms with E-state index in [1.54, 1.807) is 0 Å². The van der Waals surface area contributed by atoms with Gasteiger partial charge >= 0.3 is 0 Å². The zero-order valence-electron chi connectivity index (χ0n) is 6.67. The van der Waals surface area contributed by atoms with Gasteiger partial charge in [-0.05, 0) is 11.4 Å². The molecular weight excluding hydrogens is 246 g/mol. The standard InChI is InChI=1S/C8H3Cl2FN2S/c9-6-5(11)7(10)13-8(12-6)4-1-2-14-3-4/h1-3H. The maximum atomic E-state index is 13.0. The fourth-order valence-corrected chi connectivity index (χ4v) is 1.94. The molecule has 0 atom stereocenters. The van der Waals surface area contributed by atoms with Gasteiger partial charge in [-0.25, -0.2) is 14.4 Å². The molecule has 0 aliphatic heterocycles. The maximum Gasteiger partial charge on any atom is 0.197 e. The molecule has 14 heavy (non-hydrogen) atoms. The van der Waals surface area contributed by atoms with Gasteiger partial charge in [0.25, 0.3) is 0 Å². The van der Waals surface area contributed by atoms with Crippen LogP contribution in [0, 0.1) is 5.82 Å². The Kier molecular flexibility index (Phi) is 2.67. The molecule has 0 aliphatic rings. The number of hydrogen-bond donors (Lipinski definition) is 0. The van der Waals surface area contributed by atoms with Crippen LogP contribution in [0.25, 0.3) is 11.4 Å². The zero-order chi connectivity index (χ0) is 10.1. The first-order valence-electron chi connectivity index (χ1n) is 3.59. The Hall–Kier alpha value is -0.710. The molecule has 0 bridgehead atoms. The maximum absolute atomic E-state index is 13.0. The van der Waals surface area contributed by atoms with Gasteiger partial charge in [0.15, 0.2) is 21.9 Å². The number of nitrogens with zero attached hydrogens (tertiary/aromatic N) is 2. The number of aromatic nitrogens is 2. The molecule has 0 aliphatic carbocycles. The molecular formula is C8H3Cl2FN2S. The first-order chi connectivity index (χ1) is 6.68. The van der Waals surface area contributed by atoms with Crippen molar-refractivity contribution in [2.75, 3.05) is 0 Å². The molecule has 2 nitrogen and oxygen atoms in total. The van der Waals surface area contributed by atoms with Gasteiger partial charge < -0.3 is 0 Å². The number of rotatable bonds is 1. The minimum absolute atomic E-state index is 0.258. The third-order valence-electron chi connectivity index (χ3n) is 1.55. The second-order valence-electron chi connectivity index (χ2n) is 2.45. The molecule has 72 valence electrons. The molecule has 2 aromatic heterocycles. The van der Waals surface area contributed by atoms with Crippen LogP contribution in [0.3, 0.4) is 0 Å². The third kappa shape index (κ3) is 1.73. The molecule has 0 aromatic carbocycles. The van der Waals surface area contributed by atoms with E-state index in [2.05, 4.69) is 9.97 Å². The first kappa shape index (κ1) is 9.83. The molecule has 0 radical (unpaired) electrons. The van der Waals surface area contributed by atoms with E-state index in [-0.39, 0.29) is 10.3 Å². The summed E-state index contributed by atoms with van der Waals surface area (Å²) in [6.07, 6.45) is 0. The van der Waals surface area contributed by atoms with Gasteiger partial charge in [0.2, 0.25) is 0 Å². The Balaban J connectivity index is 2.57. The third-order valence-corrected chi connectivity index (χ3v) is 2.73. The summed E-state index contributed by atoms with van der Waals surface area (Å²) in [7, 11) is 0. The van der Waals surface area contributed by atoms with Gasteiger partial charge in [0.1, 0.15) is 0 Å². The van der Waals surface area contributed by atoms with Crippen molar-refractivity contribution >= 4 is 34.5 Å². The largest absolute Gasteiger partial charge is 0.213 e. The molecule has 0 amide bonds. The molecule has 0 saturated heterocycles. The second kappa shape index (κ2) is 3.81. The van der Waals surface area contributed by atoms with Crippen molar-refractivity contribution in [3.05, 3.63) is 32.9 Å². The van der Waals surface area contributed by atoms with Crippen LogP contribution in [-0.4, -0.2) is 9.97 Å². The van der Waals surface area contributed by atoms with Gasteiger partial charge in [-0.1, -0.05) is 23.2 Å². The summed E-state index contributed by atoms with van der Waals surface area (Å²) in [5, 5.41) is 3.18. The average molecular weight is 249 g/mol. The van der Waals surface area contributed by atoms with Crippen molar-refractivity contribution in [3.63, 3.8) is 0 Å². The van der Waals surface area contributed by atoms with Crippen molar-refractivity contribution in [2.24, 2.45) is 0 Å². The summed E-state index contributed by atoms with van der Waals surface area (Å²) in [5.41, 5.74) is 0.777. The lowest BCUT2D eigenvalue weighted by atomic mass is 10.3. The van der Waals surface area contributed by atoms with Crippen LogP contribution in [0.4, 0.5) is 4.39 Å². The molecule has 2 rings (SSSR count). The summed E-state index contributed by atoms with van der Waals surface area (Å²) in [5.74, 6) is -0.449. The number of thiophene rings is 1. The Morgan fingerprint density at radius 1 is 1.21 bits per heavy atom. The Bertz CT molecular complexity index is 435. The summed E-state index contributed by atoms with van der Waals surface area (Å²) >= 11 is 12.5. The van der Waals surface area contributed by atoms with E-state index in [1.807, 2.05) is 16.8 Å². The van der Waals surface area contributed by atoms with E-state index in [0.717, 1.165) is 5.56 Å². The van der Waals surface area contributed by atoms with Crippen LogP contribution < -0.4 is 0 Å². The molecule has 0 unspecified atom stereocenters. The van der Waals surface area contributed by atoms with Crippen LogP contribution in [0.15, 0.2) is 16.8 Å². The molecule has 2 heterocycles. The van der Waals surface area contributed by atoms with Crippen LogP contribution in [-0.2, 0) is 0 Å². The van der Waals surface area contributed by atoms with Crippen molar-refractivity contribution in [3.8, 4) is 11.4 Å². The number of hydrogen-bond acceptors (Lipinski definition) is 3. The Morgan fingerprint density at radius 3 is 2.36 bits per heavy atom. The highest BCUT2D eigenvalue weighted by molar-refractivity contribution is 7.08. The zero-order valence-corrected chi connectivity index (χ0v) is 9.00. The Labute approximate surface area is 93.3 Å². The predicted molar refractivity (Wildman–Crippen MR) is 55.3 cm³/mol. The molecule has 0 saturated carbocycles. The summed E-state index contributed by atoms with van der Waals surface area (Å²) in [6.45, 7) is 0. The lowest BCUT2D eigenvalue weighted by Gasteiger charge is -1.99. The monoisotopic (exact) mass is 248 g/mol. The minimum Gasteiger partial charge on any atom is -0.213 e. The van der Waals surface area contributed by atoms with Gasteiger partial charge in [-0.2, -0.15) is 11.3 Å². The van der Waals surface area contributed by atoms with E-state index >= 15 is 0 Å². The normalized spacial score (nSPS) is 10.5. The Morgan fingerprint density at radius 2 is 1.86 bits per heavy atom. The van der Waals surface area contributed by atoms with Crippen LogP contribution in [0.1, 0.15) is 0 Å². The van der Waals surface area contributed by atoms with Gasteiger partial charge in [-0.3, -0.25) is 0 Å². The summed E-state index contributed by atoms with van der Waals surface area (Å²) in [6, 6.07) is 1.81. The smallest absolute Gasteiger partial charge is 0.197 e. The highest BCUT2D eigenvalue weighted by atomic mass is 35.5. The van der Waals surface area contributed by atoms with Crippen LogP contribution in [0.5, 0.6) is 0 Å². The van der Waals surface area contributed by atoms with Gasteiger partial charge in [-0.15, -0.1) is 0 Å². The average Bonchev–Trinajstić information content (AvgIpc) is 2.66. The van der Waals surface area contributed by atoms with Gasteiger partial charge in [0, 0.05) is 10.9 Å². The minimum atomic E-state index is -0.785. The first-order valence-corrected chi connectivity index (χ1v) is 5.29. The van der Waals surface area contributed by atoms with E-state index in [4.69, 9.17) is 23.2 Å². The molecule has 0 fully saturated rings.